The lowest BCUT2D eigenvalue weighted by Crippen LogP contribution is -2.41. The number of hydrazine groups is 1. The Hall–Kier alpha value is -2.64. The van der Waals surface area contributed by atoms with Crippen LogP contribution in [0.5, 0.6) is 5.75 Å². The summed E-state index contributed by atoms with van der Waals surface area (Å²) in [7, 11) is 0. The van der Waals surface area contributed by atoms with Crippen LogP contribution in [-0.2, 0) is 9.59 Å². The minimum Gasteiger partial charge on any atom is -0.492 e. The average Bonchev–Trinajstić information content (AvgIpc) is 2.69. The highest BCUT2D eigenvalue weighted by atomic mass is 35.5. The fourth-order valence-corrected chi connectivity index (χ4v) is 2.74. The molecule has 0 aromatic heterocycles. The van der Waals surface area contributed by atoms with E-state index in [9.17, 15) is 18.8 Å². The number of ketones is 1. The minimum atomic E-state index is -0.502. The van der Waals surface area contributed by atoms with Crippen molar-refractivity contribution in [1.29, 1.82) is 0 Å². The Morgan fingerprint density at radius 2 is 1.55 bits per heavy atom. The summed E-state index contributed by atoms with van der Waals surface area (Å²) >= 11 is 11.8. The van der Waals surface area contributed by atoms with Gasteiger partial charge < -0.3 is 4.74 Å². The number of amides is 2. The van der Waals surface area contributed by atoms with E-state index in [1.54, 1.807) is 18.2 Å². The zero-order valence-electron chi connectivity index (χ0n) is 15.3. The van der Waals surface area contributed by atoms with E-state index in [0.717, 1.165) is 0 Å². The first-order chi connectivity index (χ1) is 13.8. The standard InChI is InChI=1S/C20H19Cl2FN2O4/c21-14-5-9-18(16(22)12-14)29-11-1-2-19(27)24-25-20(28)10-8-17(26)13-3-6-15(23)7-4-13/h3-7,9,12H,1-2,8,10-11H2,(H,24,27)(H,25,28). The molecule has 0 fully saturated rings. The number of carbonyl (C=O) groups is 3. The lowest BCUT2D eigenvalue weighted by molar-refractivity contribution is -0.129. The highest BCUT2D eigenvalue weighted by Gasteiger charge is 2.10. The van der Waals surface area contributed by atoms with E-state index < -0.39 is 17.6 Å². The third-order valence-electron chi connectivity index (χ3n) is 3.79. The van der Waals surface area contributed by atoms with Crippen molar-refractivity contribution in [2.45, 2.75) is 25.7 Å². The molecule has 0 bridgehead atoms. The van der Waals surface area contributed by atoms with Crippen molar-refractivity contribution in [3.8, 4) is 5.75 Å². The lowest BCUT2D eigenvalue weighted by atomic mass is 10.1. The molecule has 0 aliphatic carbocycles. The topological polar surface area (TPSA) is 84.5 Å². The zero-order valence-corrected chi connectivity index (χ0v) is 16.9. The summed E-state index contributed by atoms with van der Waals surface area (Å²) in [5.74, 6) is -1.16. The Balaban J connectivity index is 1.60. The molecule has 9 heteroatoms. The van der Waals surface area contributed by atoms with Gasteiger partial charge in [0.25, 0.3) is 0 Å². The molecule has 2 aromatic rings. The van der Waals surface area contributed by atoms with Gasteiger partial charge in [-0.3, -0.25) is 25.2 Å². The second-order valence-corrected chi connectivity index (χ2v) is 6.90. The number of carbonyl (C=O) groups excluding carboxylic acids is 3. The Morgan fingerprint density at radius 3 is 2.21 bits per heavy atom. The van der Waals surface area contributed by atoms with Gasteiger partial charge in [-0.2, -0.15) is 0 Å². The van der Waals surface area contributed by atoms with E-state index >= 15 is 0 Å². The van der Waals surface area contributed by atoms with Crippen molar-refractivity contribution in [2.24, 2.45) is 0 Å². The first-order valence-electron chi connectivity index (χ1n) is 8.79. The molecule has 2 aromatic carbocycles. The van der Waals surface area contributed by atoms with Crippen molar-refractivity contribution in [3.63, 3.8) is 0 Å². The number of benzene rings is 2. The SMILES string of the molecule is O=C(CCCOc1ccc(Cl)cc1Cl)NNC(=O)CCC(=O)c1ccc(F)cc1. The van der Waals surface area contributed by atoms with Gasteiger partial charge in [-0.15, -0.1) is 0 Å². The normalized spacial score (nSPS) is 10.3. The van der Waals surface area contributed by atoms with Gasteiger partial charge in [0, 0.05) is 29.8 Å². The molecular weight excluding hydrogens is 422 g/mol. The van der Waals surface area contributed by atoms with Crippen LogP contribution in [0.2, 0.25) is 10.0 Å². The van der Waals surface area contributed by atoms with E-state index in [-0.39, 0.29) is 31.7 Å². The number of ether oxygens (including phenoxy) is 1. The summed E-state index contributed by atoms with van der Waals surface area (Å²) in [6.45, 7) is 0.259. The van der Waals surface area contributed by atoms with E-state index in [1.165, 1.54) is 24.3 Å². The first-order valence-corrected chi connectivity index (χ1v) is 9.55. The van der Waals surface area contributed by atoms with Crippen LogP contribution in [0.4, 0.5) is 4.39 Å². The van der Waals surface area contributed by atoms with Gasteiger partial charge in [0.05, 0.1) is 11.6 Å². The highest BCUT2D eigenvalue weighted by Crippen LogP contribution is 2.27. The van der Waals surface area contributed by atoms with Crippen LogP contribution in [0.3, 0.4) is 0 Å². The lowest BCUT2D eigenvalue weighted by Gasteiger charge is -2.09. The van der Waals surface area contributed by atoms with Crippen LogP contribution in [0.15, 0.2) is 42.5 Å². The molecule has 0 radical (unpaired) electrons. The second kappa shape index (κ2) is 11.4. The van der Waals surface area contributed by atoms with Gasteiger partial charge in [0.1, 0.15) is 11.6 Å². The fourth-order valence-electron chi connectivity index (χ4n) is 2.28. The van der Waals surface area contributed by atoms with Crippen LogP contribution in [0.1, 0.15) is 36.0 Å². The molecule has 29 heavy (non-hydrogen) atoms. The van der Waals surface area contributed by atoms with Crippen LogP contribution in [0.25, 0.3) is 0 Å². The maximum absolute atomic E-state index is 12.8. The number of Topliss-reactive ketones (excluding diaryl/α,β-unsaturated/α-hetero) is 1. The molecule has 0 spiro atoms. The Labute approximate surface area is 177 Å². The molecule has 6 nitrogen and oxygen atoms in total. The molecule has 0 heterocycles. The van der Waals surface area contributed by atoms with Crippen molar-refractivity contribution >= 4 is 40.8 Å². The molecular formula is C20H19Cl2FN2O4. The summed E-state index contributed by atoms with van der Waals surface area (Å²) in [5, 5.41) is 0.876. The number of rotatable bonds is 9. The van der Waals surface area contributed by atoms with Crippen LogP contribution in [0, 0.1) is 5.82 Å². The summed E-state index contributed by atoms with van der Waals surface area (Å²) < 4.78 is 18.3. The summed E-state index contributed by atoms with van der Waals surface area (Å²) in [4.78, 5) is 35.4. The van der Waals surface area contributed by atoms with Crippen molar-refractivity contribution < 1.29 is 23.5 Å². The van der Waals surface area contributed by atoms with Crippen molar-refractivity contribution in [3.05, 3.63) is 63.9 Å². The molecule has 0 saturated carbocycles. The van der Waals surface area contributed by atoms with Gasteiger partial charge in [0.2, 0.25) is 11.8 Å². The third kappa shape index (κ3) is 8.09. The Bertz CT molecular complexity index is 875. The number of halogens is 3. The Kier molecular flexibility index (Phi) is 8.89. The smallest absolute Gasteiger partial charge is 0.238 e. The molecule has 0 aliphatic heterocycles. The van der Waals surface area contributed by atoms with Crippen LogP contribution >= 0.6 is 23.2 Å². The van der Waals surface area contributed by atoms with Gasteiger partial charge in [-0.05, 0) is 48.9 Å². The van der Waals surface area contributed by atoms with E-state index in [0.29, 0.717) is 27.8 Å². The first kappa shape index (κ1) is 22.6. The van der Waals surface area contributed by atoms with E-state index in [1.807, 2.05) is 0 Å². The summed E-state index contributed by atoms with van der Waals surface area (Å²) in [6.07, 6.45) is 0.376. The predicted molar refractivity (Wildman–Crippen MR) is 107 cm³/mol. The van der Waals surface area contributed by atoms with Crippen LogP contribution < -0.4 is 15.6 Å². The number of hydrogen-bond donors (Lipinski definition) is 2. The zero-order chi connectivity index (χ0) is 21.2. The molecule has 2 N–H and O–H groups in total. The molecule has 0 saturated heterocycles. The molecule has 0 aliphatic rings. The quantitative estimate of drug-likeness (QED) is 0.349. The maximum atomic E-state index is 12.8. The van der Waals surface area contributed by atoms with Gasteiger partial charge in [0.15, 0.2) is 5.78 Å². The van der Waals surface area contributed by atoms with Crippen molar-refractivity contribution in [2.75, 3.05) is 6.61 Å². The molecule has 2 amide bonds. The highest BCUT2D eigenvalue weighted by molar-refractivity contribution is 6.35. The number of nitrogens with one attached hydrogen (secondary N) is 2. The average molecular weight is 441 g/mol. The van der Waals surface area contributed by atoms with E-state index in [4.69, 9.17) is 27.9 Å². The molecule has 154 valence electrons. The van der Waals surface area contributed by atoms with Gasteiger partial charge >= 0.3 is 0 Å². The maximum Gasteiger partial charge on any atom is 0.238 e. The van der Waals surface area contributed by atoms with Crippen molar-refractivity contribution in [1.82, 2.24) is 10.9 Å². The molecule has 0 unspecified atom stereocenters. The van der Waals surface area contributed by atoms with Gasteiger partial charge in [-0.1, -0.05) is 23.2 Å². The monoisotopic (exact) mass is 440 g/mol. The second-order valence-electron chi connectivity index (χ2n) is 6.05. The molecule has 2 rings (SSSR count). The number of hydrogen-bond acceptors (Lipinski definition) is 4. The van der Waals surface area contributed by atoms with Crippen LogP contribution in [-0.4, -0.2) is 24.2 Å². The largest absolute Gasteiger partial charge is 0.492 e. The minimum absolute atomic E-state index is 0.0526. The summed E-state index contributed by atoms with van der Waals surface area (Å²) in [6, 6.07) is 9.91. The Morgan fingerprint density at radius 1 is 0.897 bits per heavy atom. The summed E-state index contributed by atoms with van der Waals surface area (Å²) in [5.41, 5.74) is 4.84. The third-order valence-corrected chi connectivity index (χ3v) is 4.32. The molecule has 0 atom stereocenters. The van der Waals surface area contributed by atoms with Gasteiger partial charge in [-0.25, -0.2) is 4.39 Å². The fraction of sp³-hybridized carbons (Fsp3) is 0.250. The van der Waals surface area contributed by atoms with E-state index in [2.05, 4.69) is 10.9 Å². The predicted octanol–water partition coefficient (Wildman–Crippen LogP) is 4.10.